The third-order valence-electron chi connectivity index (χ3n) is 1.86. The highest BCUT2D eigenvalue weighted by Gasteiger charge is 2.02. The van der Waals surface area contributed by atoms with Gasteiger partial charge in [-0.15, -0.1) is 0 Å². The molecule has 1 rings (SSSR count). The van der Waals surface area contributed by atoms with Crippen molar-refractivity contribution in [1.82, 2.24) is 5.32 Å². The van der Waals surface area contributed by atoms with Gasteiger partial charge in [0.2, 0.25) is 0 Å². The Bertz CT molecular complexity index is 348. The molecule has 0 saturated heterocycles. The summed E-state index contributed by atoms with van der Waals surface area (Å²) in [6, 6.07) is 10.2. The molecule has 0 heterocycles. The molecule has 0 radical (unpaired) electrons. The molecular weight excluding hydrogens is 190 g/mol. The molecular formula is C12H15NS. The lowest BCUT2D eigenvalue weighted by Crippen LogP contribution is -2.17. The molecule has 1 N–H and O–H groups in total. The lowest BCUT2D eigenvalue weighted by atomic mass is 10.1. The molecule has 0 bridgehead atoms. The van der Waals surface area contributed by atoms with Crippen LogP contribution in [0.2, 0.25) is 0 Å². The van der Waals surface area contributed by atoms with E-state index in [9.17, 15) is 0 Å². The zero-order valence-corrected chi connectivity index (χ0v) is 9.61. The maximum absolute atomic E-state index is 5.05. The number of allylic oxidation sites excluding steroid dienone is 1. The molecule has 0 aliphatic heterocycles. The van der Waals surface area contributed by atoms with Crippen molar-refractivity contribution in [3.63, 3.8) is 0 Å². The van der Waals surface area contributed by atoms with Gasteiger partial charge in [0.15, 0.2) is 0 Å². The Balaban J connectivity index is 3.03. The van der Waals surface area contributed by atoms with Crippen molar-refractivity contribution in [2.45, 2.75) is 20.8 Å². The summed E-state index contributed by atoms with van der Waals surface area (Å²) in [7, 11) is 0. The Hall–Kier alpha value is -1.15. The van der Waals surface area contributed by atoms with Crippen molar-refractivity contribution in [2.24, 2.45) is 0 Å². The van der Waals surface area contributed by atoms with E-state index in [1.165, 1.54) is 11.1 Å². The Kier molecular flexibility index (Phi) is 3.84. The van der Waals surface area contributed by atoms with Crippen LogP contribution in [0.1, 0.15) is 26.3 Å². The van der Waals surface area contributed by atoms with E-state index in [-0.39, 0.29) is 0 Å². The molecule has 0 aliphatic carbocycles. The van der Waals surface area contributed by atoms with E-state index in [4.69, 9.17) is 12.2 Å². The third-order valence-corrected chi connectivity index (χ3v) is 1.97. The predicted molar refractivity (Wildman–Crippen MR) is 66.1 cm³/mol. The van der Waals surface area contributed by atoms with Crippen LogP contribution in [0, 0.1) is 0 Å². The first-order valence-electron chi connectivity index (χ1n) is 4.61. The molecule has 0 spiro atoms. The first kappa shape index (κ1) is 10.9. The minimum atomic E-state index is 0.796. The Morgan fingerprint density at radius 3 is 2.07 bits per heavy atom. The third kappa shape index (κ3) is 2.96. The second kappa shape index (κ2) is 4.91. The second-order valence-electron chi connectivity index (χ2n) is 3.42. The van der Waals surface area contributed by atoms with E-state index in [0.29, 0.717) is 0 Å². The molecule has 0 fully saturated rings. The maximum Gasteiger partial charge on any atom is 0.0765 e. The summed E-state index contributed by atoms with van der Waals surface area (Å²) in [5.74, 6) is 0. The average Bonchev–Trinajstić information content (AvgIpc) is 2.15. The van der Waals surface area contributed by atoms with E-state index in [1.807, 2.05) is 25.1 Å². The molecule has 1 nitrogen and oxygen atoms in total. The van der Waals surface area contributed by atoms with Gasteiger partial charge in [-0.1, -0.05) is 48.1 Å². The van der Waals surface area contributed by atoms with Gasteiger partial charge < -0.3 is 5.32 Å². The fourth-order valence-corrected chi connectivity index (χ4v) is 1.37. The van der Waals surface area contributed by atoms with Gasteiger partial charge >= 0.3 is 0 Å². The van der Waals surface area contributed by atoms with Crippen LogP contribution in [-0.2, 0) is 0 Å². The molecule has 0 aliphatic rings. The average molecular weight is 205 g/mol. The maximum atomic E-state index is 5.05. The number of nitrogens with one attached hydrogen (secondary N) is 1. The van der Waals surface area contributed by atoms with Crippen LogP contribution in [0.5, 0.6) is 0 Å². The topological polar surface area (TPSA) is 12.0 Å². The molecule has 0 unspecified atom stereocenters. The molecule has 0 aromatic heterocycles. The summed E-state index contributed by atoms with van der Waals surface area (Å²) in [5, 5.41) is 3.21. The Morgan fingerprint density at radius 1 is 1.07 bits per heavy atom. The summed E-state index contributed by atoms with van der Waals surface area (Å²) in [5.41, 5.74) is 3.52. The molecule has 1 aromatic rings. The number of hydrogen-bond donors (Lipinski definition) is 1. The molecule has 0 atom stereocenters. The first-order chi connectivity index (χ1) is 6.61. The van der Waals surface area contributed by atoms with Crippen LogP contribution in [0.25, 0.3) is 5.70 Å². The Morgan fingerprint density at radius 2 is 1.64 bits per heavy atom. The fourth-order valence-electron chi connectivity index (χ4n) is 1.27. The second-order valence-corrected chi connectivity index (χ2v) is 4.03. The van der Waals surface area contributed by atoms with Crippen LogP contribution in [0.4, 0.5) is 0 Å². The van der Waals surface area contributed by atoms with Crippen molar-refractivity contribution in [3.05, 3.63) is 41.5 Å². The minimum absolute atomic E-state index is 0.796. The van der Waals surface area contributed by atoms with Crippen LogP contribution in [0.3, 0.4) is 0 Å². The molecule has 1 aromatic carbocycles. The van der Waals surface area contributed by atoms with E-state index >= 15 is 0 Å². The highest BCUT2D eigenvalue weighted by Crippen LogP contribution is 2.15. The van der Waals surface area contributed by atoms with Crippen LogP contribution in [0.15, 0.2) is 35.9 Å². The van der Waals surface area contributed by atoms with Crippen molar-refractivity contribution in [2.75, 3.05) is 0 Å². The number of hydrogen-bond acceptors (Lipinski definition) is 1. The molecule has 0 saturated carbocycles. The smallest absolute Gasteiger partial charge is 0.0765 e. The minimum Gasteiger partial charge on any atom is -0.350 e. The summed E-state index contributed by atoms with van der Waals surface area (Å²) < 4.78 is 0. The summed E-state index contributed by atoms with van der Waals surface area (Å²) >= 11 is 5.05. The number of benzene rings is 1. The highest BCUT2D eigenvalue weighted by atomic mass is 32.1. The van der Waals surface area contributed by atoms with E-state index in [1.54, 1.807) is 0 Å². The van der Waals surface area contributed by atoms with Gasteiger partial charge in [-0.3, -0.25) is 0 Å². The van der Waals surface area contributed by atoms with Crippen LogP contribution >= 0.6 is 12.2 Å². The monoisotopic (exact) mass is 205 g/mol. The summed E-state index contributed by atoms with van der Waals surface area (Å²) in [4.78, 5) is 0.796. The zero-order chi connectivity index (χ0) is 10.6. The van der Waals surface area contributed by atoms with Crippen LogP contribution in [-0.4, -0.2) is 4.99 Å². The normalized spacial score (nSPS) is 9.36. The van der Waals surface area contributed by atoms with Crippen molar-refractivity contribution in [1.29, 1.82) is 0 Å². The number of thiocarbonyl (C=S) groups is 1. The van der Waals surface area contributed by atoms with Crippen molar-refractivity contribution >= 4 is 22.9 Å². The largest absolute Gasteiger partial charge is 0.350 e. The van der Waals surface area contributed by atoms with E-state index < -0.39 is 0 Å². The van der Waals surface area contributed by atoms with Crippen LogP contribution < -0.4 is 5.32 Å². The number of rotatable bonds is 2. The lowest BCUT2D eigenvalue weighted by molar-refractivity contribution is 1.23. The van der Waals surface area contributed by atoms with Crippen molar-refractivity contribution in [3.8, 4) is 0 Å². The SMILES string of the molecule is CC(=S)NC(=C(C)C)c1ccccc1. The van der Waals surface area contributed by atoms with Gasteiger partial charge in [-0.05, 0) is 26.3 Å². The quantitative estimate of drug-likeness (QED) is 0.743. The van der Waals surface area contributed by atoms with Gasteiger partial charge in [0.25, 0.3) is 0 Å². The molecule has 14 heavy (non-hydrogen) atoms. The lowest BCUT2D eigenvalue weighted by Gasteiger charge is -2.11. The molecule has 0 amide bonds. The predicted octanol–water partition coefficient (Wildman–Crippen LogP) is 3.37. The highest BCUT2D eigenvalue weighted by molar-refractivity contribution is 7.80. The van der Waals surface area contributed by atoms with Gasteiger partial charge in [-0.2, -0.15) is 0 Å². The van der Waals surface area contributed by atoms with Gasteiger partial charge in [0.05, 0.1) is 4.99 Å². The van der Waals surface area contributed by atoms with Gasteiger partial charge in [0.1, 0.15) is 0 Å². The summed E-state index contributed by atoms with van der Waals surface area (Å²) in [6.45, 7) is 6.04. The Labute approximate surface area is 90.8 Å². The molecule has 2 heteroatoms. The first-order valence-corrected chi connectivity index (χ1v) is 5.02. The molecule has 74 valence electrons. The van der Waals surface area contributed by atoms with Gasteiger partial charge in [0, 0.05) is 5.70 Å². The van der Waals surface area contributed by atoms with E-state index in [0.717, 1.165) is 10.7 Å². The summed E-state index contributed by atoms with van der Waals surface area (Å²) in [6.07, 6.45) is 0. The van der Waals surface area contributed by atoms with Gasteiger partial charge in [-0.25, -0.2) is 0 Å². The zero-order valence-electron chi connectivity index (χ0n) is 8.79. The fraction of sp³-hybridized carbons (Fsp3) is 0.250. The standard InChI is InChI=1S/C12H15NS/c1-9(2)12(13-10(3)14)11-7-5-4-6-8-11/h4-8H,1-3H3,(H,13,14). The van der Waals surface area contributed by atoms with Crippen molar-refractivity contribution < 1.29 is 0 Å². The van der Waals surface area contributed by atoms with E-state index in [2.05, 4.69) is 31.3 Å².